The second-order valence-electron chi connectivity index (χ2n) is 4.64. The minimum Gasteiger partial charge on any atom is -0.320 e. The molecule has 86 valence electrons. The minimum atomic E-state index is -0.397. The van der Waals surface area contributed by atoms with E-state index in [1.165, 1.54) is 5.56 Å². The maximum atomic E-state index is 12.2. The van der Waals surface area contributed by atoms with Crippen LogP contribution in [-0.4, -0.2) is 18.5 Å². The van der Waals surface area contributed by atoms with Crippen molar-refractivity contribution in [3.63, 3.8) is 0 Å². The lowest BCUT2D eigenvalue weighted by atomic mass is 10.0. The van der Waals surface area contributed by atoms with Crippen molar-refractivity contribution in [3.8, 4) is 0 Å². The van der Waals surface area contributed by atoms with Crippen molar-refractivity contribution < 1.29 is 4.79 Å². The second kappa shape index (κ2) is 4.26. The van der Waals surface area contributed by atoms with E-state index in [-0.39, 0.29) is 11.8 Å². The maximum Gasteiger partial charge on any atom is 0.244 e. The van der Waals surface area contributed by atoms with E-state index in [9.17, 15) is 4.79 Å². The van der Waals surface area contributed by atoms with Gasteiger partial charge in [-0.3, -0.25) is 4.79 Å². The molecule has 0 aromatic heterocycles. The molecule has 0 saturated carbocycles. The van der Waals surface area contributed by atoms with Crippen molar-refractivity contribution in [1.82, 2.24) is 0 Å². The summed E-state index contributed by atoms with van der Waals surface area (Å²) in [7, 11) is 0. The number of nitrogens with two attached hydrogens (primary N) is 1. The van der Waals surface area contributed by atoms with Gasteiger partial charge in [0.1, 0.15) is 0 Å². The van der Waals surface area contributed by atoms with E-state index in [0.717, 1.165) is 18.7 Å². The van der Waals surface area contributed by atoms with Crippen molar-refractivity contribution >= 4 is 11.6 Å². The molecule has 16 heavy (non-hydrogen) atoms. The van der Waals surface area contributed by atoms with E-state index in [1.54, 1.807) is 0 Å². The van der Waals surface area contributed by atoms with Crippen molar-refractivity contribution in [1.29, 1.82) is 0 Å². The highest BCUT2D eigenvalue weighted by Gasteiger charge is 2.29. The topological polar surface area (TPSA) is 46.3 Å². The number of hydrogen-bond acceptors (Lipinski definition) is 2. The van der Waals surface area contributed by atoms with Gasteiger partial charge in [0.25, 0.3) is 0 Å². The number of para-hydroxylation sites is 1. The molecule has 3 heteroatoms. The molecule has 1 unspecified atom stereocenters. The van der Waals surface area contributed by atoms with Crippen LogP contribution in [0, 0.1) is 5.92 Å². The van der Waals surface area contributed by atoms with Crippen molar-refractivity contribution in [3.05, 3.63) is 29.8 Å². The summed E-state index contributed by atoms with van der Waals surface area (Å²) in [6, 6.07) is 7.64. The monoisotopic (exact) mass is 218 g/mol. The van der Waals surface area contributed by atoms with Crippen molar-refractivity contribution in [2.45, 2.75) is 26.3 Å². The van der Waals surface area contributed by atoms with E-state index in [4.69, 9.17) is 5.73 Å². The molecule has 0 saturated heterocycles. The minimum absolute atomic E-state index is 0.0416. The molecule has 2 N–H and O–H groups in total. The van der Waals surface area contributed by atoms with Crippen LogP contribution in [0.3, 0.4) is 0 Å². The first-order chi connectivity index (χ1) is 7.61. The lowest BCUT2D eigenvalue weighted by molar-refractivity contribution is -0.120. The van der Waals surface area contributed by atoms with Gasteiger partial charge in [-0.1, -0.05) is 32.0 Å². The fraction of sp³-hybridized carbons (Fsp3) is 0.462. The molecule has 3 nitrogen and oxygen atoms in total. The molecule has 1 heterocycles. The van der Waals surface area contributed by atoms with Crippen molar-refractivity contribution in [2.24, 2.45) is 11.7 Å². The standard InChI is InChI=1S/C13H18N2O/c1-9(2)12(14)13(16)15-8-7-10-5-3-4-6-11(10)15/h3-6,9,12H,7-8,14H2,1-2H3. The first kappa shape index (κ1) is 11.1. The molecular formula is C13H18N2O. The summed E-state index contributed by atoms with van der Waals surface area (Å²) in [4.78, 5) is 14.0. The van der Waals surface area contributed by atoms with Gasteiger partial charge >= 0.3 is 0 Å². The van der Waals surface area contributed by atoms with Crippen LogP contribution in [0.15, 0.2) is 24.3 Å². The predicted octanol–water partition coefficient (Wildman–Crippen LogP) is 1.56. The Morgan fingerprint density at radius 1 is 1.38 bits per heavy atom. The van der Waals surface area contributed by atoms with Gasteiger partial charge in [-0.15, -0.1) is 0 Å². The van der Waals surface area contributed by atoms with Crippen LogP contribution in [0.5, 0.6) is 0 Å². The Hall–Kier alpha value is -1.35. The highest BCUT2D eigenvalue weighted by Crippen LogP contribution is 2.28. The number of rotatable bonds is 2. The number of benzene rings is 1. The normalized spacial score (nSPS) is 16.4. The Morgan fingerprint density at radius 3 is 2.75 bits per heavy atom. The maximum absolute atomic E-state index is 12.2. The fourth-order valence-corrected chi connectivity index (χ4v) is 2.03. The lowest BCUT2D eigenvalue weighted by Gasteiger charge is -2.23. The zero-order valence-corrected chi connectivity index (χ0v) is 9.81. The van der Waals surface area contributed by atoms with Crippen LogP contribution in [0.25, 0.3) is 0 Å². The van der Waals surface area contributed by atoms with Crippen LogP contribution in [0.1, 0.15) is 19.4 Å². The lowest BCUT2D eigenvalue weighted by Crippen LogP contribution is -2.46. The van der Waals surface area contributed by atoms with Gasteiger partial charge in [0.15, 0.2) is 0 Å². The quantitative estimate of drug-likeness (QED) is 0.818. The van der Waals surface area contributed by atoms with E-state index < -0.39 is 6.04 Å². The molecule has 0 spiro atoms. The average Bonchev–Trinajstić information content (AvgIpc) is 2.70. The molecular weight excluding hydrogens is 200 g/mol. The number of amides is 1. The highest BCUT2D eigenvalue weighted by molar-refractivity contribution is 5.98. The van der Waals surface area contributed by atoms with Gasteiger partial charge in [0.05, 0.1) is 6.04 Å². The van der Waals surface area contributed by atoms with Crippen LogP contribution >= 0.6 is 0 Å². The third kappa shape index (κ3) is 1.83. The largest absolute Gasteiger partial charge is 0.320 e. The Balaban J connectivity index is 2.22. The van der Waals surface area contributed by atoms with E-state index in [2.05, 4.69) is 6.07 Å². The van der Waals surface area contributed by atoms with Crippen LogP contribution in [0.2, 0.25) is 0 Å². The van der Waals surface area contributed by atoms with Crippen LogP contribution < -0.4 is 10.6 Å². The van der Waals surface area contributed by atoms with Gasteiger partial charge in [-0.05, 0) is 24.0 Å². The van der Waals surface area contributed by atoms with Crippen LogP contribution in [-0.2, 0) is 11.2 Å². The summed E-state index contributed by atoms with van der Waals surface area (Å²) in [5.41, 5.74) is 8.18. The summed E-state index contributed by atoms with van der Waals surface area (Å²) in [6.07, 6.45) is 0.937. The fourth-order valence-electron chi connectivity index (χ4n) is 2.03. The molecule has 1 atom stereocenters. The molecule has 1 aliphatic heterocycles. The second-order valence-corrected chi connectivity index (χ2v) is 4.64. The number of anilines is 1. The molecule has 1 aromatic rings. The zero-order valence-electron chi connectivity index (χ0n) is 9.81. The summed E-state index contributed by atoms with van der Waals surface area (Å²) in [5, 5.41) is 0. The van der Waals surface area contributed by atoms with Gasteiger partial charge in [0, 0.05) is 12.2 Å². The molecule has 2 rings (SSSR count). The van der Waals surface area contributed by atoms with Crippen molar-refractivity contribution in [2.75, 3.05) is 11.4 Å². The van der Waals surface area contributed by atoms with Crippen LogP contribution in [0.4, 0.5) is 5.69 Å². The zero-order chi connectivity index (χ0) is 11.7. The van der Waals surface area contributed by atoms with E-state index in [1.807, 2.05) is 36.9 Å². The molecule has 0 radical (unpaired) electrons. The Labute approximate surface area is 96.2 Å². The molecule has 0 fully saturated rings. The Bertz CT molecular complexity index is 401. The average molecular weight is 218 g/mol. The first-order valence-corrected chi connectivity index (χ1v) is 5.76. The third-order valence-electron chi connectivity index (χ3n) is 3.16. The third-order valence-corrected chi connectivity index (χ3v) is 3.16. The Morgan fingerprint density at radius 2 is 2.06 bits per heavy atom. The summed E-state index contributed by atoms with van der Waals surface area (Å²) < 4.78 is 0. The highest BCUT2D eigenvalue weighted by atomic mass is 16.2. The molecule has 0 aliphatic carbocycles. The predicted molar refractivity (Wildman–Crippen MR) is 65.3 cm³/mol. The molecule has 0 bridgehead atoms. The Kier molecular flexibility index (Phi) is 2.97. The van der Waals surface area contributed by atoms with Gasteiger partial charge in [-0.2, -0.15) is 0 Å². The summed E-state index contributed by atoms with van der Waals surface area (Å²) in [5.74, 6) is 0.222. The van der Waals surface area contributed by atoms with Gasteiger partial charge < -0.3 is 10.6 Å². The number of nitrogens with zero attached hydrogens (tertiary/aromatic N) is 1. The van der Waals surface area contributed by atoms with Gasteiger partial charge in [0.2, 0.25) is 5.91 Å². The van der Waals surface area contributed by atoms with E-state index >= 15 is 0 Å². The number of hydrogen-bond donors (Lipinski definition) is 1. The molecule has 1 amide bonds. The summed E-state index contributed by atoms with van der Waals surface area (Å²) >= 11 is 0. The molecule has 1 aliphatic rings. The summed E-state index contributed by atoms with van der Waals surface area (Å²) in [6.45, 7) is 4.72. The smallest absolute Gasteiger partial charge is 0.244 e. The molecule has 1 aromatic carbocycles. The number of carbonyl (C=O) groups excluding carboxylic acids is 1. The SMILES string of the molecule is CC(C)C(N)C(=O)N1CCc2ccccc21. The van der Waals surface area contributed by atoms with E-state index in [0.29, 0.717) is 0 Å². The van der Waals surface area contributed by atoms with Gasteiger partial charge in [-0.25, -0.2) is 0 Å². The first-order valence-electron chi connectivity index (χ1n) is 5.76. The number of carbonyl (C=O) groups is 1. The number of fused-ring (bicyclic) bond motifs is 1.